The number of hydrazine groups is 2. The summed E-state index contributed by atoms with van der Waals surface area (Å²) in [5.74, 6) is 0. The molecule has 0 spiro atoms. The Kier molecular flexibility index (Phi) is 1.03. The summed E-state index contributed by atoms with van der Waals surface area (Å²) in [6.07, 6.45) is 0. The standard InChI is InChI=1S/C4H11N3/c1-4(2)3-5-7-6-4/h5-7H,3H2,1-2H3. The summed E-state index contributed by atoms with van der Waals surface area (Å²) in [5, 5.41) is 0. The minimum absolute atomic E-state index is 0.222. The van der Waals surface area contributed by atoms with Gasteiger partial charge < -0.3 is 0 Å². The molecule has 1 saturated heterocycles. The fraction of sp³-hybridized carbons (Fsp3) is 1.00. The number of rotatable bonds is 0. The lowest BCUT2D eigenvalue weighted by molar-refractivity contribution is 0.446. The van der Waals surface area contributed by atoms with Crippen LogP contribution < -0.4 is 16.4 Å². The first kappa shape index (κ1) is 5.03. The monoisotopic (exact) mass is 101 g/mol. The second-order valence-electron chi connectivity index (χ2n) is 2.49. The summed E-state index contributed by atoms with van der Waals surface area (Å²) < 4.78 is 0. The highest BCUT2D eigenvalue weighted by Gasteiger charge is 2.20. The van der Waals surface area contributed by atoms with Gasteiger partial charge in [-0.2, -0.15) is 5.53 Å². The van der Waals surface area contributed by atoms with E-state index in [0.29, 0.717) is 0 Å². The summed E-state index contributed by atoms with van der Waals surface area (Å²) in [7, 11) is 0. The summed E-state index contributed by atoms with van der Waals surface area (Å²) in [6.45, 7) is 5.23. The van der Waals surface area contributed by atoms with Crippen LogP contribution in [0.25, 0.3) is 0 Å². The molecule has 0 aliphatic carbocycles. The van der Waals surface area contributed by atoms with Crippen molar-refractivity contribution in [3.05, 3.63) is 0 Å². The van der Waals surface area contributed by atoms with Gasteiger partial charge in [-0.05, 0) is 13.8 Å². The Morgan fingerprint density at radius 3 is 2.29 bits per heavy atom. The molecule has 3 nitrogen and oxygen atoms in total. The smallest absolute Gasteiger partial charge is 0.0419 e. The molecule has 1 rings (SSSR count). The lowest BCUT2D eigenvalue weighted by atomic mass is 10.1. The summed E-state index contributed by atoms with van der Waals surface area (Å²) >= 11 is 0. The molecule has 0 bridgehead atoms. The van der Waals surface area contributed by atoms with Gasteiger partial charge in [0, 0.05) is 12.1 Å². The molecule has 0 amide bonds. The summed E-state index contributed by atoms with van der Waals surface area (Å²) in [5.41, 5.74) is 9.02. The van der Waals surface area contributed by atoms with Crippen LogP contribution in [0.3, 0.4) is 0 Å². The molecule has 0 aromatic heterocycles. The first-order valence-corrected chi connectivity index (χ1v) is 2.46. The van der Waals surface area contributed by atoms with Crippen molar-refractivity contribution in [2.45, 2.75) is 19.4 Å². The summed E-state index contributed by atoms with van der Waals surface area (Å²) in [4.78, 5) is 0. The van der Waals surface area contributed by atoms with E-state index in [0.717, 1.165) is 6.54 Å². The van der Waals surface area contributed by atoms with Gasteiger partial charge in [0.15, 0.2) is 0 Å². The van der Waals surface area contributed by atoms with Crippen molar-refractivity contribution in [1.82, 2.24) is 16.4 Å². The molecule has 1 aliphatic rings. The first-order chi connectivity index (χ1) is 3.21. The van der Waals surface area contributed by atoms with Crippen molar-refractivity contribution in [2.75, 3.05) is 6.54 Å². The van der Waals surface area contributed by atoms with Gasteiger partial charge in [0.05, 0.1) is 0 Å². The molecule has 1 fully saturated rings. The minimum Gasteiger partial charge on any atom is -0.242 e. The van der Waals surface area contributed by atoms with Gasteiger partial charge in [-0.3, -0.25) is 0 Å². The molecule has 1 heterocycles. The van der Waals surface area contributed by atoms with Crippen LogP contribution in [-0.4, -0.2) is 12.1 Å². The molecule has 0 aromatic rings. The van der Waals surface area contributed by atoms with Crippen LogP contribution in [0.2, 0.25) is 0 Å². The maximum absolute atomic E-state index is 3.03. The van der Waals surface area contributed by atoms with Crippen LogP contribution in [0.15, 0.2) is 0 Å². The second-order valence-corrected chi connectivity index (χ2v) is 2.49. The molecule has 7 heavy (non-hydrogen) atoms. The minimum atomic E-state index is 0.222. The van der Waals surface area contributed by atoms with Crippen molar-refractivity contribution in [3.8, 4) is 0 Å². The average Bonchev–Trinajstić information content (AvgIpc) is 1.84. The first-order valence-electron chi connectivity index (χ1n) is 2.46. The third-order valence-corrected chi connectivity index (χ3v) is 1.02. The van der Waals surface area contributed by atoms with Crippen molar-refractivity contribution in [1.29, 1.82) is 0 Å². The highest BCUT2D eigenvalue weighted by Crippen LogP contribution is 1.99. The number of hydrogen-bond donors (Lipinski definition) is 3. The van der Waals surface area contributed by atoms with Crippen LogP contribution in [-0.2, 0) is 0 Å². The van der Waals surface area contributed by atoms with Crippen LogP contribution >= 0.6 is 0 Å². The molecular formula is C4H11N3. The fourth-order valence-electron chi connectivity index (χ4n) is 0.523. The Hall–Kier alpha value is -0.120. The SMILES string of the molecule is CC1(C)CNNN1. The molecule has 42 valence electrons. The third-order valence-electron chi connectivity index (χ3n) is 1.02. The average molecular weight is 101 g/mol. The topological polar surface area (TPSA) is 36.1 Å². The zero-order valence-corrected chi connectivity index (χ0v) is 4.71. The fourth-order valence-corrected chi connectivity index (χ4v) is 0.523. The van der Waals surface area contributed by atoms with Gasteiger partial charge in [0.25, 0.3) is 0 Å². The molecule has 3 N–H and O–H groups in total. The van der Waals surface area contributed by atoms with Gasteiger partial charge in [-0.1, -0.05) is 0 Å². The van der Waals surface area contributed by atoms with E-state index in [1.54, 1.807) is 0 Å². The van der Waals surface area contributed by atoms with E-state index >= 15 is 0 Å². The van der Waals surface area contributed by atoms with Gasteiger partial charge >= 0.3 is 0 Å². The highest BCUT2D eigenvalue weighted by atomic mass is 15.7. The van der Waals surface area contributed by atoms with E-state index in [1.165, 1.54) is 0 Å². The van der Waals surface area contributed by atoms with Crippen molar-refractivity contribution in [2.24, 2.45) is 0 Å². The quantitative estimate of drug-likeness (QED) is 0.380. The molecule has 1 aliphatic heterocycles. The van der Waals surface area contributed by atoms with Gasteiger partial charge in [0.2, 0.25) is 0 Å². The zero-order valence-electron chi connectivity index (χ0n) is 4.71. The van der Waals surface area contributed by atoms with Crippen LogP contribution in [0.5, 0.6) is 0 Å². The van der Waals surface area contributed by atoms with Crippen molar-refractivity contribution in [3.63, 3.8) is 0 Å². The normalized spacial score (nSPS) is 28.3. The van der Waals surface area contributed by atoms with Gasteiger partial charge in [-0.25, -0.2) is 10.9 Å². The highest BCUT2D eigenvalue weighted by molar-refractivity contribution is 4.80. The number of nitrogens with one attached hydrogen (secondary N) is 3. The maximum Gasteiger partial charge on any atom is 0.0419 e. The van der Waals surface area contributed by atoms with Crippen LogP contribution in [0.4, 0.5) is 0 Å². The van der Waals surface area contributed by atoms with E-state index in [4.69, 9.17) is 0 Å². The Labute approximate surface area is 43.4 Å². The Balaban J connectivity index is 2.40. The van der Waals surface area contributed by atoms with Crippen LogP contribution in [0.1, 0.15) is 13.8 Å². The molecule has 0 atom stereocenters. The van der Waals surface area contributed by atoms with Gasteiger partial charge in [0.1, 0.15) is 0 Å². The zero-order chi connectivity index (χ0) is 5.33. The van der Waals surface area contributed by atoms with E-state index in [-0.39, 0.29) is 5.54 Å². The molecule has 0 radical (unpaired) electrons. The second kappa shape index (κ2) is 1.43. The molecule has 0 unspecified atom stereocenters. The third kappa shape index (κ3) is 1.12. The van der Waals surface area contributed by atoms with E-state index < -0.39 is 0 Å². The van der Waals surface area contributed by atoms with E-state index in [1.807, 2.05) is 0 Å². The number of hydrogen-bond acceptors (Lipinski definition) is 3. The lowest BCUT2D eigenvalue weighted by Gasteiger charge is -2.12. The maximum atomic E-state index is 3.03. The largest absolute Gasteiger partial charge is 0.242 e. The molecular weight excluding hydrogens is 90.1 g/mol. The Morgan fingerprint density at radius 2 is 2.14 bits per heavy atom. The van der Waals surface area contributed by atoms with E-state index in [2.05, 4.69) is 30.2 Å². The summed E-state index contributed by atoms with van der Waals surface area (Å²) in [6, 6.07) is 0. The van der Waals surface area contributed by atoms with Crippen molar-refractivity contribution < 1.29 is 0 Å². The van der Waals surface area contributed by atoms with Gasteiger partial charge in [-0.15, -0.1) is 0 Å². The van der Waals surface area contributed by atoms with E-state index in [9.17, 15) is 0 Å². The Morgan fingerprint density at radius 1 is 1.43 bits per heavy atom. The van der Waals surface area contributed by atoms with Crippen LogP contribution in [0, 0.1) is 0 Å². The van der Waals surface area contributed by atoms with Crippen molar-refractivity contribution >= 4 is 0 Å². The lowest BCUT2D eigenvalue weighted by Crippen LogP contribution is -2.39. The predicted molar refractivity (Wildman–Crippen MR) is 28.4 cm³/mol. The Bertz CT molecular complexity index is 61.3. The molecule has 0 aromatic carbocycles. The predicted octanol–water partition coefficient (Wildman–Crippen LogP) is -0.623. The molecule has 0 saturated carbocycles. The molecule has 3 heteroatoms.